The summed E-state index contributed by atoms with van der Waals surface area (Å²) in [6.07, 6.45) is 0.695. The van der Waals surface area contributed by atoms with Gasteiger partial charge < -0.3 is 9.64 Å². The molecule has 0 bridgehead atoms. The second-order valence-corrected chi connectivity index (χ2v) is 8.27. The zero-order valence-electron chi connectivity index (χ0n) is 14.1. The molecular formula is C17H15BrN2O4S2. The highest BCUT2D eigenvalue weighted by molar-refractivity contribution is 9.10. The van der Waals surface area contributed by atoms with Crippen molar-refractivity contribution in [3.8, 4) is 0 Å². The minimum Gasteiger partial charge on any atom is -0.464 e. The quantitative estimate of drug-likeness (QED) is 0.395. The van der Waals surface area contributed by atoms with E-state index in [1.807, 2.05) is 19.1 Å². The Morgan fingerprint density at radius 1 is 1.31 bits per heavy atom. The molecule has 0 aromatic heterocycles. The monoisotopic (exact) mass is 454 g/mol. The maximum atomic E-state index is 12.8. The van der Waals surface area contributed by atoms with E-state index in [9.17, 15) is 14.4 Å². The lowest BCUT2D eigenvalue weighted by Crippen LogP contribution is -2.34. The molecule has 0 saturated carbocycles. The van der Waals surface area contributed by atoms with Crippen molar-refractivity contribution in [1.82, 2.24) is 4.90 Å². The van der Waals surface area contributed by atoms with Crippen molar-refractivity contribution in [2.45, 2.75) is 13.3 Å². The van der Waals surface area contributed by atoms with Crippen LogP contribution in [0.2, 0.25) is 0 Å². The van der Waals surface area contributed by atoms with Crippen LogP contribution in [0.15, 0.2) is 27.6 Å². The molecule has 2 amide bonds. The molecule has 1 saturated heterocycles. The summed E-state index contributed by atoms with van der Waals surface area (Å²) in [7, 11) is 1.66. The number of thioether (sulfide) groups is 1. The maximum absolute atomic E-state index is 12.8. The molecule has 2 heterocycles. The standard InChI is InChI=1S/C17H15BrN2O4S2/c1-3-6-24-12(21)8-20-16(23)14(26-17(20)25)13-10-7-9(18)4-5-11(10)19(2)15(13)22/h4-5,7H,3,6,8H2,1-2H3. The number of fused-ring (bicyclic) bond motifs is 1. The summed E-state index contributed by atoms with van der Waals surface area (Å²) >= 11 is 9.68. The Bertz CT molecular complexity index is 868. The predicted molar refractivity (Wildman–Crippen MR) is 108 cm³/mol. The first-order valence-corrected chi connectivity index (χ1v) is 9.88. The number of hydrogen-bond acceptors (Lipinski definition) is 6. The van der Waals surface area contributed by atoms with Gasteiger partial charge in [0, 0.05) is 17.1 Å². The van der Waals surface area contributed by atoms with Gasteiger partial charge in [-0.05, 0) is 24.6 Å². The number of amides is 2. The molecule has 0 aliphatic carbocycles. The Morgan fingerprint density at radius 3 is 2.73 bits per heavy atom. The van der Waals surface area contributed by atoms with Crippen molar-refractivity contribution < 1.29 is 19.1 Å². The van der Waals surface area contributed by atoms with Gasteiger partial charge in [0.2, 0.25) is 0 Å². The summed E-state index contributed by atoms with van der Waals surface area (Å²) in [5.74, 6) is -1.24. The third-order valence-electron chi connectivity index (χ3n) is 3.94. The van der Waals surface area contributed by atoms with Crippen LogP contribution in [0.1, 0.15) is 18.9 Å². The Morgan fingerprint density at radius 2 is 2.04 bits per heavy atom. The van der Waals surface area contributed by atoms with Crippen LogP contribution in [0.3, 0.4) is 0 Å². The number of hydrogen-bond donors (Lipinski definition) is 0. The van der Waals surface area contributed by atoms with Crippen LogP contribution in [-0.4, -0.2) is 47.2 Å². The Labute approximate surface area is 168 Å². The third-order valence-corrected chi connectivity index (χ3v) is 5.88. The van der Waals surface area contributed by atoms with Crippen LogP contribution in [0, 0.1) is 0 Å². The molecule has 136 valence electrons. The first-order valence-electron chi connectivity index (χ1n) is 7.86. The van der Waals surface area contributed by atoms with Crippen LogP contribution in [0.25, 0.3) is 5.57 Å². The van der Waals surface area contributed by atoms with E-state index in [1.54, 1.807) is 13.1 Å². The summed E-state index contributed by atoms with van der Waals surface area (Å²) in [6, 6.07) is 5.45. The van der Waals surface area contributed by atoms with Gasteiger partial charge in [0.1, 0.15) is 10.9 Å². The fourth-order valence-electron chi connectivity index (χ4n) is 2.69. The van der Waals surface area contributed by atoms with Crippen LogP contribution in [0.4, 0.5) is 5.69 Å². The van der Waals surface area contributed by atoms with E-state index in [0.29, 0.717) is 24.2 Å². The smallest absolute Gasteiger partial charge is 0.326 e. The fourth-order valence-corrected chi connectivity index (χ4v) is 4.38. The predicted octanol–water partition coefficient (Wildman–Crippen LogP) is 2.95. The van der Waals surface area contributed by atoms with Crippen LogP contribution in [0.5, 0.6) is 0 Å². The van der Waals surface area contributed by atoms with E-state index in [-0.39, 0.29) is 21.7 Å². The van der Waals surface area contributed by atoms with Gasteiger partial charge in [0.15, 0.2) is 0 Å². The topological polar surface area (TPSA) is 66.9 Å². The SMILES string of the molecule is CCCOC(=O)CN1C(=O)C(=C2C(=O)N(C)c3ccc(Br)cc32)SC1=S. The minimum absolute atomic E-state index is 0.241. The van der Waals surface area contributed by atoms with Gasteiger partial charge in [-0.2, -0.15) is 0 Å². The minimum atomic E-state index is -0.521. The molecule has 0 atom stereocenters. The first-order chi connectivity index (χ1) is 12.3. The Kier molecular flexibility index (Phi) is 5.50. The molecule has 2 aliphatic rings. The average molecular weight is 455 g/mol. The number of benzene rings is 1. The lowest BCUT2D eigenvalue weighted by molar-refractivity contribution is -0.146. The van der Waals surface area contributed by atoms with Gasteiger partial charge in [-0.3, -0.25) is 19.3 Å². The van der Waals surface area contributed by atoms with E-state index in [4.69, 9.17) is 17.0 Å². The molecule has 0 spiro atoms. The second kappa shape index (κ2) is 7.50. The van der Waals surface area contributed by atoms with Crippen LogP contribution < -0.4 is 4.90 Å². The zero-order valence-corrected chi connectivity index (χ0v) is 17.3. The fraction of sp³-hybridized carbons (Fsp3) is 0.294. The van der Waals surface area contributed by atoms with Crippen molar-refractivity contribution in [3.05, 3.63) is 33.1 Å². The van der Waals surface area contributed by atoms with E-state index in [2.05, 4.69) is 15.9 Å². The number of ether oxygens (including phenoxy) is 1. The van der Waals surface area contributed by atoms with Gasteiger partial charge >= 0.3 is 5.97 Å². The highest BCUT2D eigenvalue weighted by Gasteiger charge is 2.41. The largest absolute Gasteiger partial charge is 0.464 e. The number of carbonyl (C=O) groups excluding carboxylic acids is 3. The highest BCUT2D eigenvalue weighted by atomic mass is 79.9. The number of carbonyl (C=O) groups is 3. The number of esters is 1. The molecular weight excluding hydrogens is 440 g/mol. The van der Waals surface area contributed by atoms with Gasteiger partial charge in [-0.15, -0.1) is 0 Å². The average Bonchev–Trinajstić information content (AvgIpc) is 3.00. The molecule has 1 aromatic rings. The van der Waals surface area contributed by atoms with E-state index < -0.39 is 11.9 Å². The molecule has 6 nitrogen and oxygen atoms in total. The van der Waals surface area contributed by atoms with E-state index in [1.165, 1.54) is 9.80 Å². The normalized spacial score (nSPS) is 19.4. The van der Waals surface area contributed by atoms with Gasteiger partial charge in [0.25, 0.3) is 11.8 Å². The molecule has 3 rings (SSSR count). The third kappa shape index (κ3) is 3.30. The van der Waals surface area contributed by atoms with Crippen molar-refractivity contribution in [2.24, 2.45) is 0 Å². The van der Waals surface area contributed by atoms with Crippen LogP contribution in [-0.2, 0) is 19.1 Å². The van der Waals surface area contributed by atoms with Crippen LogP contribution >= 0.6 is 39.9 Å². The molecule has 1 aromatic carbocycles. The van der Waals surface area contributed by atoms with E-state index in [0.717, 1.165) is 21.9 Å². The Hall–Kier alpha value is -1.71. The van der Waals surface area contributed by atoms with Gasteiger partial charge in [-0.1, -0.05) is 46.8 Å². The number of likely N-dealkylation sites (N-methyl/N-ethyl adjacent to an activating group) is 1. The number of rotatable bonds is 4. The molecule has 0 radical (unpaired) electrons. The lowest BCUT2D eigenvalue weighted by Gasteiger charge is -2.13. The summed E-state index contributed by atoms with van der Waals surface area (Å²) in [5, 5.41) is 0. The zero-order chi connectivity index (χ0) is 19.0. The number of thiocarbonyl (C=S) groups is 1. The number of anilines is 1. The first kappa shape index (κ1) is 19.1. The number of halogens is 1. The summed E-state index contributed by atoms with van der Waals surface area (Å²) in [6.45, 7) is 1.92. The highest BCUT2D eigenvalue weighted by Crippen LogP contribution is 2.44. The van der Waals surface area contributed by atoms with Gasteiger partial charge in [-0.25, -0.2) is 0 Å². The molecule has 26 heavy (non-hydrogen) atoms. The van der Waals surface area contributed by atoms with Crippen molar-refractivity contribution in [3.63, 3.8) is 0 Å². The molecule has 9 heteroatoms. The molecule has 2 aliphatic heterocycles. The van der Waals surface area contributed by atoms with Gasteiger partial charge in [0.05, 0.1) is 22.8 Å². The maximum Gasteiger partial charge on any atom is 0.326 e. The Balaban J connectivity index is 1.96. The van der Waals surface area contributed by atoms with Crippen molar-refractivity contribution in [2.75, 3.05) is 25.1 Å². The number of nitrogens with zero attached hydrogens (tertiary/aromatic N) is 2. The lowest BCUT2D eigenvalue weighted by atomic mass is 10.1. The summed E-state index contributed by atoms with van der Waals surface area (Å²) < 4.78 is 6.06. The molecule has 1 fully saturated rings. The van der Waals surface area contributed by atoms with Crippen molar-refractivity contribution in [1.29, 1.82) is 0 Å². The summed E-state index contributed by atoms with van der Waals surface area (Å²) in [4.78, 5) is 40.3. The van der Waals surface area contributed by atoms with E-state index >= 15 is 0 Å². The molecule has 0 N–H and O–H groups in total. The second-order valence-electron chi connectivity index (χ2n) is 5.71. The van der Waals surface area contributed by atoms with Crippen molar-refractivity contribution >= 4 is 73.3 Å². The molecule has 0 unspecified atom stereocenters. The summed E-state index contributed by atoms with van der Waals surface area (Å²) in [5.41, 5.74) is 1.70.